The Balaban J connectivity index is 1.46. The highest BCUT2D eigenvalue weighted by molar-refractivity contribution is 7.92. The lowest BCUT2D eigenvalue weighted by atomic mass is 10.1. The van der Waals surface area contributed by atoms with Crippen molar-refractivity contribution in [3.8, 4) is 11.4 Å². The van der Waals surface area contributed by atoms with Crippen LogP contribution >= 0.6 is 0 Å². The third-order valence-corrected chi connectivity index (χ3v) is 6.79. The van der Waals surface area contributed by atoms with Crippen LogP contribution in [0.4, 0.5) is 11.4 Å². The lowest BCUT2D eigenvalue weighted by Crippen LogP contribution is -2.21. The molecule has 0 atom stereocenters. The minimum Gasteiger partial charge on any atom is -0.339 e. The van der Waals surface area contributed by atoms with Gasteiger partial charge in [-0.3, -0.25) is 9.52 Å². The standard InChI is InChI=1S/C22H25N5O4S/c1-22(11-12-22)21(28)24-16-7-9-17(10-8-16)27-32(29,30)18-5-2-4-15(14-18)20-25-19(31-26-20)6-3-13-23/h2,4-5,7-10,14,27H,3,6,11-13,23H2,1H3,(H,24,28). The third kappa shape index (κ3) is 4.97. The largest absolute Gasteiger partial charge is 0.339 e. The molecule has 168 valence electrons. The summed E-state index contributed by atoms with van der Waals surface area (Å²) in [6.07, 6.45) is 3.06. The third-order valence-electron chi connectivity index (χ3n) is 5.41. The van der Waals surface area contributed by atoms with Crippen molar-refractivity contribution in [1.29, 1.82) is 0 Å². The van der Waals surface area contributed by atoms with Crippen molar-refractivity contribution >= 4 is 27.3 Å². The molecule has 0 aliphatic heterocycles. The molecule has 0 radical (unpaired) electrons. The lowest BCUT2D eigenvalue weighted by molar-refractivity contribution is -0.120. The number of benzene rings is 2. The Kier molecular flexibility index (Phi) is 5.98. The van der Waals surface area contributed by atoms with Gasteiger partial charge in [-0.1, -0.05) is 24.2 Å². The van der Waals surface area contributed by atoms with E-state index in [1.807, 2.05) is 6.92 Å². The van der Waals surface area contributed by atoms with Gasteiger partial charge in [0.2, 0.25) is 17.6 Å². The number of nitrogens with one attached hydrogen (secondary N) is 2. The zero-order valence-corrected chi connectivity index (χ0v) is 18.5. The van der Waals surface area contributed by atoms with Crippen molar-refractivity contribution in [3.05, 3.63) is 54.4 Å². The van der Waals surface area contributed by atoms with Gasteiger partial charge in [-0.2, -0.15) is 4.98 Å². The zero-order valence-electron chi connectivity index (χ0n) is 17.7. The van der Waals surface area contributed by atoms with Crippen molar-refractivity contribution in [3.63, 3.8) is 0 Å². The SMILES string of the molecule is CC1(C(=O)Nc2ccc(NS(=O)(=O)c3cccc(-c4noc(CCCN)n4)c3)cc2)CC1. The maximum absolute atomic E-state index is 12.9. The fourth-order valence-electron chi connectivity index (χ4n) is 3.06. The monoisotopic (exact) mass is 455 g/mol. The second kappa shape index (κ2) is 8.71. The number of carbonyl (C=O) groups excluding carboxylic acids is 1. The van der Waals surface area contributed by atoms with E-state index in [-0.39, 0.29) is 16.2 Å². The van der Waals surface area contributed by atoms with Crippen LogP contribution in [-0.2, 0) is 21.2 Å². The van der Waals surface area contributed by atoms with Crippen molar-refractivity contribution in [2.45, 2.75) is 37.5 Å². The van der Waals surface area contributed by atoms with Gasteiger partial charge in [0.05, 0.1) is 4.90 Å². The topological polar surface area (TPSA) is 140 Å². The van der Waals surface area contributed by atoms with Gasteiger partial charge in [0.1, 0.15) is 0 Å². The summed E-state index contributed by atoms with van der Waals surface area (Å²) in [6, 6.07) is 12.9. The first-order valence-electron chi connectivity index (χ1n) is 10.4. The molecule has 1 fully saturated rings. The van der Waals surface area contributed by atoms with Crippen LogP contribution in [-0.4, -0.2) is 31.0 Å². The van der Waals surface area contributed by atoms with E-state index >= 15 is 0 Å². The van der Waals surface area contributed by atoms with Crippen LogP contribution < -0.4 is 15.8 Å². The average Bonchev–Trinajstić information content (AvgIpc) is 3.36. The van der Waals surface area contributed by atoms with E-state index in [1.165, 1.54) is 12.1 Å². The number of nitrogens with zero attached hydrogens (tertiary/aromatic N) is 2. The summed E-state index contributed by atoms with van der Waals surface area (Å²) in [5.41, 5.74) is 6.74. The van der Waals surface area contributed by atoms with Gasteiger partial charge in [-0.25, -0.2) is 8.42 Å². The smallest absolute Gasteiger partial charge is 0.261 e. The minimum absolute atomic E-state index is 0.0182. The molecular weight excluding hydrogens is 430 g/mol. The van der Waals surface area contributed by atoms with Gasteiger partial charge in [0, 0.05) is 28.8 Å². The quantitative estimate of drug-likeness (QED) is 0.450. The number of amides is 1. The molecule has 0 unspecified atom stereocenters. The van der Waals surface area contributed by atoms with Gasteiger partial charge in [-0.05, 0) is 62.2 Å². The zero-order chi connectivity index (χ0) is 22.8. The molecule has 0 bridgehead atoms. The Morgan fingerprint density at radius 3 is 2.56 bits per heavy atom. The highest BCUT2D eigenvalue weighted by Crippen LogP contribution is 2.45. The molecule has 1 saturated carbocycles. The van der Waals surface area contributed by atoms with Crippen LogP contribution in [0.1, 0.15) is 32.1 Å². The predicted octanol–water partition coefficient (Wildman–Crippen LogP) is 3.17. The molecule has 4 rings (SSSR count). The van der Waals surface area contributed by atoms with Crippen molar-refractivity contribution in [2.24, 2.45) is 11.1 Å². The molecule has 2 aromatic carbocycles. The Labute approximate surface area is 186 Å². The Hall–Kier alpha value is -3.24. The highest BCUT2D eigenvalue weighted by atomic mass is 32.2. The number of sulfonamides is 1. The first-order valence-corrected chi connectivity index (χ1v) is 11.8. The molecule has 9 nitrogen and oxygen atoms in total. The molecular formula is C22H25N5O4S. The van der Waals surface area contributed by atoms with E-state index in [4.69, 9.17) is 10.3 Å². The summed E-state index contributed by atoms with van der Waals surface area (Å²) in [7, 11) is -3.84. The summed E-state index contributed by atoms with van der Waals surface area (Å²) in [5, 5.41) is 6.79. The molecule has 1 aliphatic carbocycles. The molecule has 1 aromatic heterocycles. The lowest BCUT2D eigenvalue weighted by Gasteiger charge is -2.12. The van der Waals surface area contributed by atoms with E-state index < -0.39 is 10.0 Å². The number of hydrogen-bond acceptors (Lipinski definition) is 7. The maximum Gasteiger partial charge on any atom is 0.261 e. The van der Waals surface area contributed by atoms with Gasteiger partial charge >= 0.3 is 0 Å². The van der Waals surface area contributed by atoms with E-state index in [2.05, 4.69) is 20.2 Å². The molecule has 0 saturated heterocycles. The number of rotatable bonds is 9. The van der Waals surface area contributed by atoms with Gasteiger partial charge in [0.15, 0.2) is 0 Å². The molecule has 1 heterocycles. The van der Waals surface area contributed by atoms with E-state index in [9.17, 15) is 13.2 Å². The second-order valence-corrected chi connectivity index (χ2v) is 9.81. The molecule has 1 amide bonds. The number of carbonyl (C=O) groups is 1. The fourth-order valence-corrected chi connectivity index (χ4v) is 4.17. The molecule has 1 aliphatic rings. The summed E-state index contributed by atoms with van der Waals surface area (Å²) in [5.74, 6) is 0.758. The van der Waals surface area contributed by atoms with Crippen LogP contribution in [0, 0.1) is 5.41 Å². The van der Waals surface area contributed by atoms with Crippen molar-refractivity contribution < 1.29 is 17.7 Å². The van der Waals surface area contributed by atoms with Crippen LogP contribution in [0.15, 0.2) is 57.9 Å². The Morgan fingerprint density at radius 2 is 1.88 bits per heavy atom. The van der Waals surface area contributed by atoms with Crippen molar-refractivity contribution in [2.75, 3.05) is 16.6 Å². The van der Waals surface area contributed by atoms with Crippen LogP contribution in [0.2, 0.25) is 0 Å². The first kappa shape index (κ1) is 22.0. The number of anilines is 2. The minimum atomic E-state index is -3.84. The highest BCUT2D eigenvalue weighted by Gasteiger charge is 2.44. The molecule has 32 heavy (non-hydrogen) atoms. The number of hydrogen-bond donors (Lipinski definition) is 3. The van der Waals surface area contributed by atoms with Crippen LogP contribution in [0.3, 0.4) is 0 Å². The molecule has 0 spiro atoms. The van der Waals surface area contributed by atoms with E-state index in [1.54, 1.807) is 36.4 Å². The molecule has 3 aromatic rings. The molecule has 4 N–H and O–H groups in total. The fraction of sp³-hybridized carbons (Fsp3) is 0.318. The number of nitrogens with two attached hydrogens (primary N) is 1. The van der Waals surface area contributed by atoms with Gasteiger partial charge in [0.25, 0.3) is 10.0 Å². The van der Waals surface area contributed by atoms with Crippen molar-refractivity contribution in [1.82, 2.24) is 10.1 Å². The van der Waals surface area contributed by atoms with E-state index in [0.29, 0.717) is 41.6 Å². The summed E-state index contributed by atoms with van der Waals surface area (Å²) >= 11 is 0. The van der Waals surface area contributed by atoms with Gasteiger partial charge in [-0.15, -0.1) is 0 Å². The Bertz CT molecular complexity index is 1220. The Morgan fingerprint density at radius 1 is 1.16 bits per heavy atom. The van der Waals surface area contributed by atoms with Gasteiger partial charge < -0.3 is 15.6 Å². The summed E-state index contributed by atoms with van der Waals surface area (Å²) in [4.78, 5) is 16.5. The van der Waals surface area contributed by atoms with Crippen LogP contribution in [0.5, 0.6) is 0 Å². The second-order valence-electron chi connectivity index (χ2n) is 8.13. The normalized spacial score (nSPS) is 14.7. The summed E-state index contributed by atoms with van der Waals surface area (Å²) in [6.45, 7) is 2.44. The number of aryl methyl sites for hydroxylation is 1. The van der Waals surface area contributed by atoms with Crippen LogP contribution in [0.25, 0.3) is 11.4 Å². The predicted molar refractivity (Wildman–Crippen MR) is 120 cm³/mol. The first-order chi connectivity index (χ1) is 15.3. The number of aromatic nitrogens is 2. The summed E-state index contributed by atoms with van der Waals surface area (Å²) < 4.78 is 33.5. The van der Waals surface area contributed by atoms with E-state index in [0.717, 1.165) is 19.3 Å². The maximum atomic E-state index is 12.9. The molecule has 10 heteroatoms. The average molecular weight is 456 g/mol.